The predicted octanol–water partition coefficient (Wildman–Crippen LogP) is 1.94. The molecule has 0 spiro atoms. The number of carbonyl (C=O) groups is 2. The van der Waals surface area contributed by atoms with Crippen LogP contribution in [-0.4, -0.2) is 16.7 Å². The van der Waals surface area contributed by atoms with Gasteiger partial charge in [-0.05, 0) is 13.3 Å². The zero-order valence-corrected chi connectivity index (χ0v) is 9.82. The van der Waals surface area contributed by atoms with Crippen molar-refractivity contribution < 1.29 is 9.59 Å². The van der Waals surface area contributed by atoms with Crippen LogP contribution in [-0.2, 0) is 4.79 Å². The Labute approximate surface area is 96.4 Å². The van der Waals surface area contributed by atoms with Crippen LogP contribution < -0.4 is 5.73 Å². The summed E-state index contributed by atoms with van der Waals surface area (Å²) < 4.78 is 0. The van der Waals surface area contributed by atoms with Gasteiger partial charge in [-0.25, -0.2) is 4.98 Å². The van der Waals surface area contributed by atoms with Gasteiger partial charge in [0, 0.05) is 12.8 Å². The zero-order chi connectivity index (χ0) is 11.4. The molecule has 1 heterocycles. The molecule has 1 aromatic heterocycles. The second-order valence-electron chi connectivity index (χ2n) is 3.10. The fraction of sp³-hybridized carbons (Fsp3) is 0.444. The molecule has 82 valence electrons. The molecular weight excluding hydrogens is 236 g/mol. The van der Waals surface area contributed by atoms with E-state index in [9.17, 15) is 9.59 Å². The summed E-state index contributed by atoms with van der Waals surface area (Å²) in [5.41, 5.74) is 4.97. The van der Waals surface area contributed by atoms with E-state index >= 15 is 0 Å². The summed E-state index contributed by atoms with van der Waals surface area (Å²) in [7, 11) is 0. The van der Waals surface area contributed by atoms with Crippen LogP contribution in [0, 0.1) is 6.92 Å². The van der Waals surface area contributed by atoms with E-state index in [1.54, 1.807) is 6.92 Å². The van der Waals surface area contributed by atoms with Gasteiger partial charge in [0.15, 0.2) is 10.9 Å². The molecule has 1 amide bonds. The number of ketones is 1. The molecule has 0 aliphatic heterocycles. The lowest BCUT2D eigenvalue weighted by molar-refractivity contribution is -0.118. The maximum atomic E-state index is 11.6. The van der Waals surface area contributed by atoms with Gasteiger partial charge in [0.2, 0.25) is 5.91 Å². The van der Waals surface area contributed by atoms with E-state index in [1.165, 1.54) is 11.3 Å². The second kappa shape index (κ2) is 5.23. The summed E-state index contributed by atoms with van der Waals surface area (Å²) in [5, 5.41) is 1.01. The Morgan fingerprint density at radius 3 is 2.60 bits per heavy atom. The molecule has 0 aliphatic carbocycles. The summed E-state index contributed by atoms with van der Waals surface area (Å²) in [4.78, 5) is 26.5. The number of hydrogen-bond donors (Lipinski definition) is 1. The van der Waals surface area contributed by atoms with Gasteiger partial charge in [-0.2, -0.15) is 0 Å². The highest BCUT2D eigenvalue weighted by Gasteiger charge is 2.14. The third kappa shape index (κ3) is 3.60. The number of amides is 1. The van der Waals surface area contributed by atoms with E-state index in [0.29, 0.717) is 11.3 Å². The molecule has 0 saturated carbocycles. The zero-order valence-electron chi connectivity index (χ0n) is 8.25. The lowest BCUT2D eigenvalue weighted by Gasteiger charge is -1.96. The minimum atomic E-state index is -0.394. The van der Waals surface area contributed by atoms with Gasteiger partial charge >= 0.3 is 0 Å². The van der Waals surface area contributed by atoms with Gasteiger partial charge in [-0.1, -0.05) is 11.6 Å². The first-order valence-electron chi connectivity index (χ1n) is 4.45. The van der Waals surface area contributed by atoms with E-state index in [-0.39, 0.29) is 23.8 Å². The van der Waals surface area contributed by atoms with Crippen molar-refractivity contribution in [1.82, 2.24) is 4.98 Å². The molecule has 4 nitrogen and oxygen atoms in total. The molecule has 0 fully saturated rings. The number of nitrogens with two attached hydrogens (primary N) is 1. The van der Waals surface area contributed by atoms with Crippen molar-refractivity contribution in [2.45, 2.75) is 26.2 Å². The van der Waals surface area contributed by atoms with Crippen LogP contribution in [0.25, 0.3) is 0 Å². The number of primary amides is 1. The second-order valence-corrected chi connectivity index (χ2v) is 4.66. The SMILES string of the molecule is Cc1nc(Cl)c(C(=O)CCCC(N)=O)s1. The average molecular weight is 247 g/mol. The number of aryl methyl sites for hydroxylation is 1. The standard InChI is InChI=1S/C9H11ClN2O2S/c1-5-12-9(10)8(15-5)6(13)3-2-4-7(11)14/h2-4H2,1H3,(H2,11,14). The number of halogens is 1. The Morgan fingerprint density at radius 2 is 2.13 bits per heavy atom. The Kier molecular flexibility index (Phi) is 4.23. The molecule has 6 heteroatoms. The maximum Gasteiger partial charge on any atom is 0.217 e. The van der Waals surface area contributed by atoms with Crippen molar-refractivity contribution in [2.24, 2.45) is 5.73 Å². The van der Waals surface area contributed by atoms with Gasteiger partial charge in [0.25, 0.3) is 0 Å². The fourth-order valence-electron chi connectivity index (χ4n) is 1.11. The molecule has 2 N–H and O–H groups in total. The largest absolute Gasteiger partial charge is 0.370 e. The highest BCUT2D eigenvalue weighted by atomic mass is 35.5. The number of hydrogen-bond acceptors (Lipinski definition) is 4. The van der Waals surface area contributed by atoms with Crippen LogP contribution >= 0.6 is 22.9 Å². The van der Waals surface area contributed by atoms with Gasteiger partial charge in [0.05, 0.1) is 5.01 Å². The van der Waals surface area contributed by atoms with Crippen molar-refractivity contribution >= 4 is 34.6 Å². The monoisotopic (exact) mass is 246 g/mol. The summed E-state index contributed by atoms with van der Waals surface area (Å²) in [6.07, 6.45) is 0.965. The molecule has 1 rings (SSSR count). The van der Waals surface area contributed by atoms with Crippen molar-refractivity contribution in [1.29, 1.82) is 0 Å². The first kappa shape index (κ1) is 12.1. The fourth-order valence-corrected chi connectivity index (χ4v) is 2.29. The van der Waals surface area contributed by atoms with E-state index < -0.39 is 5.91 Å². The Balaban J connectivity index is 2.54. The average Bonchev–Trinajstić information content (AvgIpc) is 2.44. The third-order valence-corrected chi connectivity index (χ3v) is 3.17. The summed E-state index contributed by atoms with van der Waals surface area (Å²) in [6, 6.07) is 0. The minimum Gasteiger partial charge on any atom is -0.370 e. The van der Waals surface area contributed by atoms with E-state index in [1.807, 2.05) is 0 Å². The van der Waals surface area contributed by atoms with Crippen molar-refractivity contribution in [3.05, 3.63) is 15.0 Å². The van der Waals surface area contributed by atoms with Gasteiger partial charge in [-0.15, -0.1) is 11.3 Å². The van der Waals surface area contributed by atoms with Crippen LogP contribution in [0.15, 0.2) is 0 Å². The van der Waals surface area contributed by atoms with Crippen LogP contribution in [0.4, 0.5) is 0 Å². The predicted molar refractivity (Wildman–Crippen MR) is 59.2 cm³/mol. The Bertz CT molecular complexity index is 389. The number of rotatable bonds is 5. The number of carbonyl (C=O) groups excluding carboxylic acids is 2. The lowest BCUT2D eigenvalue weighted by atomic mass is 10.1. The highest BCUT2D eigenvalue weighted by Crippen LogP contribution is 2.24. The van der Waals surface area contributed by atoms with Crippen LogP contribution in [0.5, 0.6) is 0 Å². The third-order valence-electron chi connectivity index (χ3n) is 1.77. The molecular formula is C9H11ClN2O2S. The summed E-state index contributed by atoms with van der Waals surface area (Å²) >= 11 is 7.04. The quantitative estimate of drug-likeness (QED) is 0.807. The Morgan fingerprint density at radius 1 is 1.47 bits per heavy atom. The minimum absolute atomic E-state index is 0.0770. The molecule has 0 unspecified atom stereocenters. The van der Waals surface area contributed by atoms with Crippen LogP contribution in [0.3, 0.4) is 0 Å². The van der Waals surface area contributed by atoms with E-state index in [0.717, 1.165) is 5.01 Å². The van der Waals surface area contributed by atoms with Gasteiger partial charge in [0.1, 0.15) is 4.88 Å². The van der Waals surface area contributed by atoms with Gasteiger partial charge in [-0.3, -0.25) is 9.59 Å². The number of thiazole rings is 1. The van der Waals surface area contributed by atoms with Crippen LogP contribution in [0.2, 0.25) is 5.15 Å². The summed E-state index contributed by atoms with van der Waals surface area (Å²) in [6.45, 7) is 1.79. The number of aromatic nitrogens is 1. The Hall–Kier alpha value is -0.940. The van der Waals surface area contributed by atoms with Crippen LogP contribution in [0.1, 0.15) is 33.9 Å². The first-order chi connectivity index (χ1) is 7.00. The van der Waals surface area contributed by atoms with Crippen molar-refractivity contribution in [3.8, 4) is 0 Å². The topological polar surface area (TPSA) is 73.1 Å². The molecule has 15 heavy (non-hydrogen) atoms. The van der Waals surface area contributed by atoms with E-state index in [2.05, 4.69) is 4.98 Å². The lowest BCUT2D eigenvalue weighted by Crippen LogP contribution is -2.10. The van der Waals surface area contributed by atoms with Crippen molar-refractivity contribution in [2.75, 3.05) is 0 Å². The molecule has 1 aromatic rings. The van der Waals surface area contributed by atoms with E-state index in [4.69, 9.17) is 17.3 Å². The molecule has 0 radical (unpaired) electrons. The molecule has 0 saturated heterocycles. The first-order valence-corrected chi connectivity index (χ1v) is 5.64. The van der Waals surface area contributed by atoms with Gasteiger partial charge < -0.3 is 5.73 Å². The molecule has 0 atom stereocenters. The number of Topliss-reactive ketones (excluding diaryl/α,β-unsaturated/α-hetero) is 1. The number of nitrogens with zero attached hydrogens (tertiary/aromatic N) is 1. The molecule has 0 aromatic carbocycles. The molecule has 0 aliphatic rings. The highest BCUT2D eigenvalue weighted by molar-refractivity contribution is 7.14. The van der Waals surface area contributed by atoms with Crippen molar-refractivity contribution in [3.63, 3.8) is 0 Å². The molecule has 0 bridgehead atoms. The smallest absolute Gasteiger partial charge is 0.217 e. The normalized spacial score (nSPS) is 10.3. The maximum absolute atomic E-state index is 11.6. The summed E-state index contributed by atoms with van der Waals surface area (Å²) in [5.74, 6) is -0.471.